The molecule has 1 aliphatic rings. The summed E-state index contributed by atoms with van der Waals surface area (Å²) in [5.41, 5.74) is 0. The number of hydrogen-bond donors (Lipinski definition) is 1. The highest BCUT2D eigenvalue weighted by Gasteiger charge is 2.34. The Kier molecular flexibility index (Phi) is 4.35. The topological polar surface area (TPSA) is 18.5 Å². The molecule has 0 aromatic heterocycles. The average molecular weight is 201 g/mol. The molecule has 2 unspecified atom stereocenters. The first-order valence-corrected chi connectivity index (χ1v) is 5.70. The van der Waals surface area contributed by atoms with Gasteiger partial charge in [0.1, 0.15) is 0 Å². The van der Waals surface area contributed by atoms with Gasteiger partial charge in [0.25, 0.3) is 0 Å². The fourth-order valence-electron chi connectivity index (χ4n) is 2.22. The third kappa shape index (κ3) is 2.69. The van der Waals surface area contributed by atoms with E-state index in [1.807, 2.05) is 0 Å². The van der Waals surface area contributed by atoms with Crippen molar-refractivity contribution in [3.05, 3.63) is 0 Å². The second-order valence-electron chi connectivity index (χ2n) is 4.74. The van der Waals surface area contributed by atoms with Gasteiger partial charge in [0, 0.05) is 32.6 Å². The van der Waals surface area contributed by atoms with E-state index in [1.54, 1.807) is 0 Å². The number of nitrogens with one attached hydrogen (secondary N) is 1. The standard InChI is InChI=1S/C11H25N3.H2/c1-6-12-10-7-14(9(2)3)8-11(10)13(4)5;/h9-12H,6-8H2,1-5H3;1H. The Morgan fingerprint density at radius 2 is 2.07 bits per heavy atom. The van der Waals surface area contributed by atoms with Crippen molar-refractivity contribution in [1.82, 2.24) is 15.1 Å². The molecule has 0 radical (unpaired) electrons. The number of nitrogens with zero attached hydrogens (tertiary/aromatic N) is 2. The van der Waals surface area contributed by atoms with E-state index in [-0.39, 0.29) is 1.43 Å². The maximum atomic E-state index is 3.58. The van der Waals surface area contributed by atoms with Crippen molar-refractivity contribution in [3.8, 4) is 0 Å². The van der Waals surface area contributed by atoms with E-state index in [4.69, 9.17) is 0 Å². The molecule has 1 heterocycles. The summed E-state index contributed by atoms with van der Waals surface area (Å²) in [6.45, 7) is 10.2. The number of hydrogen-bond acceptors (Lipinski definition) is 3. The molecule has 1 fully saturated rings. The summed E-state index contributed by atoms with van der Waals surface area (Å²) in [5.74, 6) is 0. The predicted molar refractivity (Wildman–Crippen MR) is 63.8 cm³/mol. The number of rotatable bonds is 4. The molecule has 1 saturated heterocycles. The molecule has 3 nitrogen and oxygen atoms in total. The lowest BCUT2D eigenvalue weighted by Crippen LogP contribution is -2.46. The Morgan fingerprint density at radius 3 is 2.50 bits per heavy atom. The molecule has 0 bridgehead atoms. The van der Waals surface area contributed by atoms with Gasteiger partial charge in [-0.15, -0.1) is 0 Å². The molecule has 0 aromatic carbocycles. The van der Waals surface area contributed by atoms with Gasteiger partial charge in [0.15, 0.2) is 0 Å². The van der Waals surface area contributed by atoms with E-state index >= 15 is 0 Å². The average Bonchev–Trinajstić information content (AvgIpc) is 2.49. The van der Waals surface area contributed by atoms with Crippen LogP contribution in [0, 0.1) is 0 Å². The van der Waals surface area contributed by atoms with Gasteiger partial charge in [0.05, 0.1) is 0 Å². The van der Waals surface area contributed by atoms with Gasteiger partial charge in [-0.2, -0.15) is 0 Å². The summed E-state index contributed by atoms with van der Waals surface area (Å²) in [6.07, 6.45) is 0. The molecule has 0 aliphatic carbocycles. The summed E-state index contributed by atoms with van der Waals surface area (Å²) in [4.78, 5) is 4.90. The van der Waals surface area contributed by atoms with Crippen molar-refractivity contribution in [2.45, 2.75) is 38.9 Å². The lowest BCUT2D eigenvalue weighted by Gasteiger charge is -2.25. The van der Waals surface area contributed by atoms with Gasteiger partial charge in [0.2, 0.25) is 0 Å². The smallest absolute Gasteiger partial charge is 0.0383 e. The molecule has 3 heteroatoms. The van der Waals surface area contributed by atoms with Crippen LogP contribution in [0.15, 0.2) is 0 Å². The van der Waals surface area contributed by atoms with Crippen molar-refractivity contribution in [3.63, 3.8) is 0 Å². The van der Waals surface area contributed by atoms with Gasteiger partial charge in [-0.3, -0.25) is 4.90 Å². The molecule has 14 heavy (non-hydrogen) atoms. The van der Waals surface area contributed by atoms with Crippen LogP contribution < -0.4 is 5.32 Å². The van der Waals surface area contributed by atoms with E-state index in [1.165, 1.54) is 13.1 Å². The first-order chi connectivity index (χ1) is 6.56. The lowest BCUT2D eigenvalue weighted by molar-refractivity contribution is 0.234. The summed E-state index contributed by atoms with van der Waals surface area (Å²) < 4.78 is 0. The van der Waals surface area contributed by atoms with E-state index in [9.17, 15) is 0 Å². The summed E-state index contributed by atoms with van der Waals surface area (Å²) in [6, 6.07) is 1.97. The summed E-state index contributed by atoms with van der Waals surface area (Å²) in [5, 5.41) is 3.58. The van der Waals surface area contributed by atoms with Crippen LogP contribution in [0.25, 0.3) is 0 Å². The quantitative estimate of drug-likeness (QED) is 0.728. The Morgan fingerprint density at radius 1 is 1.43 bits per heavy atom. The zero-order valence-corrected chi connectivity index (χ0v) is 10.2. The third-order valence-electron chi connectivity index (χ3n) is 3.18. The number of likely N-dealkylation sites (tertiary alicyclic amines) is 1. The van der Waals surface area contributed by atoms with E-state index in [0.717, 1.165) is 6.54 Å². The zero-order chi connectivity index (χ0) is 10.7. The van der Waals surface area contributed by atoms with Gasteiger partial charge >= 0.3 is 0 Å². The normalized spacial score (nSPS) is 29.4. The van der Waals surface area contributed by atoms with Crippen LogP contribution in [0.5, 0.6) is 0 Å². The van der Waals surface area contributed by atoms with Gasteiger partial charge in [-0.1, -0.05) is 6.92 Å². The van der Waals surface area contributed by atoms with Crippen molar-refractivity contribution in [2.75, 3.05) is 33.7 Å². The molecule has 0 aromatic rings. The van der Waals surface area contributed by atoms with E-state index in [2.05, 4.69) is 50.0 Å². The summed E-state index contributed by atoms with van der Waals surface area (Å²) in [7, 11) is 4.36. The molecule has 1 aliphatic heterocycles. The van der Waals surface area contributed by atoms with E-state index < -0.39 is 0 Å². The monoisotopic (exact) mass is 201 g/mol. The van der Waals surface area contributed by atoms with Crippen LogP contribution in [-0.4, -0.2) is 61.7 Å². The second kappa shape index (κ2) is 5.10. The molecule has 86 valence electrons. The van der Waals surface area contributed by atoms with Crippen LogP contribution in [0.3, 0.4) is 0 Å². The van der Waals surface area contributed by atoms with Gasteiger partial charge in [-0.05, 0) is 34.5 Å². The minimum atomic E-state index is 0. The van der Waals surface area contributed by atoms with Gasteiger partial charge in [-0.25, -0.2) is 0 Å². The maximum Gasteiger partial charge on any atom is 0.0383 e. The van der Waals surface area contributed by atoms with Crippen LogP contribution in [-0.2, 0) is 0 Å². The minimum absolute atomic E-state index is 0. The Balaban J connectivity index is 0.00000196. The van der Waals surface area contributed by atoms with Crippen molar-refractivity contribution in [2.24, 2.45) is 0 Å². The third-order valence-corrected chi connectivity index (χ3v) is 3.18. The van der Waals surface area contributed by atoms with Crippen LogP contribution in [0.1, 0.15) is 22.2 Å². The Hall–Kier alpha value is -0.120. The van der Waals surface area contributed by atoms with Crippen LogP contribution in [0.2, 0.25) is 0 Å². The first-order valence-electron chi connectivity index (χ1n) is 5.70. The second-order valence-corrected chi connectivity index (χ2v) is 4.74. The van der Waals surface area contributed by atoms with Crippen molar-refractivity contribution >= 4 is 0 Å². The summed E-state index contributed by atoms with van der Waals surface area (Å²) >= 11 is 0. The Labute approximate surface area is 89.9 Å². The molecule has 0 spiro atoms. The maximum absolute atomic E-state index is 3.58. The fourth-order valence-corrected chi connectivity index (χ4v) is 2.22. The minimum Gasteiger partial charge on any atom is -0.311 e. The Bertz CT molecular complexity index is 173. The SMILES string of the molecule is CCNC1CN(C(C)C)CC1N(C)C.[HH]. The van der Waals surface area contributed by atoms with Gasteiger partial charge < -0.3 is 10.2 Å². The molecule has 1 rings (SSSR count). The lowest BCUT2D eigenvalue weighted by atomic mass is 10.1. The van der Waals surface area contributed by atoms with Crippen LogP contribution >= 0.6 is 0 Å². The zero-order valence-electron chi connectivity index (χ0n) is 10.2. The fraction of sp³-hybridized carbons (Fsp3) is 1.00. The van der Waals surface area contributed by atoms with Crippen molar-refractivity contribution in [1.29, 1.82) is 0 Å². The molecular weight excluding hydrogens is 174 g/mol. The highest BCUT2D eigenvalue weighted by atomic mass is 15.3. The molecule has 1 N–H and O–H groups in total. The largest absolute Gasteiger partial charge is 0.311 e. The highest BCUT2D eigenvalue weighted by molar-refractivity contribution is 4.94. The van der Waals surface area contributed by atoms with Crippen molar-refractivity contribution < 1.29 is 1.43 Å². The molecular formula is C11H27N3. The van der Waals surface area contributed by atoms with E-state index in [0.29, 0.717) is 18.1 Å². The molecule has 0 saturated carbocycles. The molecule has 2 atom stereocenters. The molecule has 0 amide bonds. The predicted octanol–water partition coefficient (Wildman–Crippen LogP) is 0.865. The first kappa shape index (κ1) is 12.0. The van der Waals surface area contributed by atoms with Crippen LogP contribution in [0.4, 0.5) is 0 Å². The highest BCUT2D eigenvalue weighted by Crippen LogP contribution is 2.16. The number of likely N-dealkylation sites (N-methyl/N-ethyl adjacent to an activating group) is 2.